The van der Waals surface area contributed by atoms with Crippen LogP contribution in [0.25, 0.3) is 0 Å². The zero-order valence-electron chi connectivity index (χ0n) is 19.1. The van der Waals surface area contributed by atoms with Gasteiger partial charge in [0.25, 0.3) is 5.91 Å². The van der Waals surface area contributed by atoms with E-state index in [0.717, 1.165) is 39.0 Å². The Hall–Kier alpha value is -3.30. The van der Waals surface area contributed by atoms with Crippen LogP contribution in [0.4, 0.5) is 15.8 Å². The molecule has 3 amide bonds. The third kappa shape index (κ3) is 6.39. The van der Waals surface area contributed by atoms with Gasteiger partial charge < -0.3 is 15.5 Å². The number of hydrogen-bond acceptors (Lipinski definition) is 5. The lowest BCUT2D eigenvalue weighted by Gasteiger charge is -2.34. The van der Waals surface area contributed by atoms with Gasteiger partial charge in [-0.1, -0.05) is 12.1 Å². The SMILES string of the molecule is O=C(CN1CCN(CC(=O)N2CCCC2)CC1)Nc1ccccc1C(=O)Nc1ccc(F)cc1. The topological polar surface area (TPSA) is 85.0 Å². The summed E-state index contributed by atoms with van der Waals surface area (Å²) in [6.45, 7) is 5.26. The maximum Gasteiger partial charge on any atom is 0.257 e. The van der Waals surface area contributed by atoms with E-state index in [-0.39, 0.29) is 24.2 Å². The Balaban J connectivity index is 1.26. The Labute approximate surface area is 198 Å². The zero-order chi connectivity index (χ0) is 23.9. The second-order valence-corrected chi connectivity index (χ2v) is 8.69. The van der Waals surface area contributed by atoms with Gasteiger partial charge in [0.15, 0.2) is 0 Å². The summed E-state index contributed by atoms with van der Waals surface area (Å²) in [6, 6.07) is 12.3. The summed E-state index contributed by atoms with van der Waals surface area (Å²) < 4.78 is 13.1. The minimum absolute atomic E-state index is 0.194. The number of carbonyl (C=O) groups excluding carboxylic acids is 3. The van der Waals surface area contributed by atoms with Gasteiger partial charge in [0, 0.05) is 45.0 Å². The van der Waals surface area contributed by atoms with Crippen molar-refractivity contribution in [3.63, 3.8) is 0 Å². The van der Waals surface area contributed by atoms with Crippen molar-refractivity contribution in [2.75, 3.05) is 63.0 Å². The van der Waals surface area contributed by atoms with Crippen LogP contribution in [-0.2, 0) is 9.59 Å². The molecule has 2 aliphatic rings. The van der Waals surface area contributed by atoms with Crippen molar-refractivity contribution in [3.8, 4) is 0 Å². The number of anilines is 2. The zero-order valence-corrected chi connectivity index (χ0v) is 19.1. The number of nitrogens with zero attached hydrogens (tertiary/aromatic N) is 3. The number of benzene rings is 2. The first-order chi connectivity index (χ1) is 16.5. The average molecular weight is 468 g/mol. The van der Waals surface area contributed by atoms with Crippen LogP contribution < -0.4 is 10.6 Å². The third-order valence-electron chi connectivity index (χ3n) is 6.20. The number of piperazine rings is 1. The predicted molar refractivity (Wildman–Crippen MR) is 128 cm³/mol. The first-order valence-electron chi connectivity index (χ1n) is 11.7. The van der Waals surface area contributed by atoms with Gasteiger partial charge in [-0.15, -0.1) is 0 Å². The van der Waals surface area contributed by atoms with Gasteiger partial charge in [-0.25, -0.2) is 4.39 Å². The van der Waals surface area contributed by atoms with Crippen molar-refractivity contribution in [1.82, 2.24) is 14.7 Å². The molecule has 2 fully saturated rings. The van der Waals surface area contributed by atoms with Gasteiger partial charge in [0.05, 0.1) is 24.3 Å². The van der Waals surface area contributed by atoms with Crippen molar-refractivity contribution in [2.24, 2.45) is 0 Å². The van der Waals surface area contributed by atoms with E-state index in [2.05, 4.69) is 15.5 Å². The van der Waals surface area contributed by atoms with E-state index >= 15 is 0 Å². The van der Waals surface area contributed by atoms with Crippen LogP contribution in [0.5, 0.6) is 0 Å². The highest BCUT2D eigenvalue weighted by Crippen LogP contribution is 2.18. The van der Waals surface area contributed by atoms with Gasteiger partial charge in [-0.05, 0) is 49.2 Å². The maximum atomic E-state index is 13.1. The lowest BCUT2D eigenvalue weighted by Crippen LogP contribution is -2.51. The van der Waals surface area contributed by atoms with Crippen molar-refractivity contribution >= 4 is 29.1 Å². The van der Waals surface area contributed by atoms with Crippen molar-refractivity contribution in [1.29, 1.82) is 0 Å². The monoisotopic (exact) mass is 467 g/mol. The lowest BCUT2D eigenvalue weighted by molar-refractivity contribution is -0.132. The third-order valence-corrected chi connectivity index (χ3v) is 6.20. The minimum Gasteiger partial charge on any atom is -0.342 e. The van der Waals surface area contributed by atoms with Gasteiger partial charge in [-0.3, -0.25) is 24.2 Å². The van der Waals surface area contributed by atoms with E-state index in [4.69, 9.17) is 0 Å². The lowest BCUT2D eigenvalue weighted by atomic mass is 10.1. The molecule has 2 saturated heterocycles. The molecule has 2 aliphatic heterocycles. The number of hydrogen-bond donors (Lipinski definition) is 2. The molecule has 0 spiro atoms. The van der Waals surface area contributed by atoms with E-state index in [1.54, 1.807) is 24.3 Å². The predicted octanol–water partition coefficient (Wildman–Crippen LogP) is 2.26. The standard InChI is InChI=1S/C25H30FN5O3/c26-19-7-9-20(10-8-19)27-25(34)21-5-1-2-6-22(21)28-23(32)17-29-13-15-30(16-14-29)18-24(33)31-11-3-4-12-31/h1-2,5-10H,3-4,11-18H2,(H,27,34)(H,28,32). The van der Waals surface area contributed by atoms with E-state index < -0.39 is 5.91 Å². The molecule has 34 heavy (non-hydrogen) atoms. The molecule has 4 rings (SSSR count). The molecule has 0 aliphatic carbocycles. The van der Waals surface area contributed by atoms with E-state index in [0.29, 0.717) is 36.6 Å². The molecular weight excluding hydrogens is 437 g/mol. The number of halogens is 1. The van der Waals surface area contributed by atoms with Crippen molar-refractivity contribution in [2.45, 2.75) is 12.8 Å². The summed E-state index contributed by atoms with van der Waals surface area (Å²) in [5.74, 6) is -0.786. The maximum absolute atomic E-state index is 13.1. The van der Waals surface area contributed by atoms with Gasteiger partial charge in [0.2, 0.25) is 11.8 Å². The Morgan fingerprint density at radius 2 is 1.38 bits per heavy atom. The highest BCUT2D eigenvalue weighted by atomic mass is 19.1. The Kier molecular flexibility index (Phi) is 7.87. The first kappa shape index (κ1) is 23.8. The summed E-state index contributed by atoms with van der Waals surface area (Å²) in [7, 11) is 0. The van der Waals surface area contributed by atoms with E-state index in [1.807, 2.05) is 9.80 Å². The first-order valence-corrected chi connectivity index (χ1v) is 11.7. The van der Waals surface area contributed by atoms with Crippen LogP contribution >= 0.6 is 0 Å². The van der Waals surface area contributed by atoms with E-state index in [1.165, 1.54) is 24.3 Å². The molecule has 180 valence electrons. The fourth-order valence-corrected chi connectivity index (χ4v) is 4.28. The Bertz CT molecular complexity index is 1020. The average Bonchev–Trinajstić information content (AvgIpc) is 3.37. The smallest absolute Gasteiger partial charge is 0.257 e. The second kappa shape index (κ2) is 11.2. The summed E-state index contributed by atoms with van der Waals surface area (Å²) in [4.78, 5) is 43.9. The van der Waals surface area contributed by atoms with Gasteiger partial charge >= 0.3 is 0 Å². The molecule has 0 atom stereocenters. The molecular formula is C25H30FN5O3. The number of rotatable bonds is 7. The molecule has 2 N–H and O–H groups in total. The molecule has 2 heterocycles. The molecule has 8 nitrogen and oxygen atoms in total. The molecule has 0 bridgehead atoms. The number of carbonyl (C=O) groups is 3. The number of nitrogens with one attached hydrogen (secondary N) is 2. The van der Waals surface area contributed by atoms with Crippen LogP contribution in [0.3, 0.4) is 0 Å². The van der Waals surface area contributed by atoms with Crippen LogP contribution in [0.2, 0.25) is 0 Å². The van der Waals surface area contributed by atoms with Crippen LogP contribution in [0, 0.1) is 5.82 Å². The molecule has 2 aromatic rings. The number of para-hydroxylation sites is 1. The van der Waals surface area contributed by atoms with Crippen LogP contribution in [-0.4, -0.2) is 84.8 Å². The summed E-state index contributed by atoms with van der Waals surface area (Å²) in [5.41, 5.74) is 1.21. The molecule has 2 aromatic carbocycles. The van der Waals surface area contributed by atoms with Crippen molar-refractivity contribution in [3.05, 3.63) is 59.9 Å². The normalized spacial score (nSPS) is 16.9. The fraction of sp³-hybridized carbons (Fsp3) is 0.400. The summed E-state index contributed by atoms with van der Waals surface area (Å²) >= 11 is 0. The minimum atomic E-state index is -0.390. The quantitative estimate of drug-likeness (QED) is 0.653. The van der Waals surface area contributed by atoms with Gasteiger partial charge in [0.1, 0.15) is 5.82 Å². The van der Waals surface area contributed by atoms with Crippen LogP contribution in [0.1, 0.15) is 23.2 Å². The number of amides is 3. The largest absolute Gasteiger partial charge is 0.342 e. The fourth-order valence-electron chi connectivity index (χ4n) is 4.28. The highest BCUT2D eigenvalue weighted by molar-refractivity contribution is 6.10. The van der Waals surface area contributed by atoms with Crippen molar-refractivity contribution < 1.29 is 18.8 Å². The highest BCUT2D eigenvalue weighted by Gasteiger charge is 2.24. The van der Waals surface area contributed by atoms with Crippen LogP contribution in [0.15, 0.2) is 48.5 Å². The molecule has 9 heteroatoms. The molecule has 0 saturated carbocycles. The molecule has 0 radical (unpaired) electrons. The van der Waals surface area contributed by atoms with Gasteiger partial charge in [-0.2, -0.15) is 0 Å². The van der Waals surface area contributed by atoms with E-state index in [9.17, 15) is 18.8 Å². The number of likely N-dealkylation sites (tertiary alicyclic amines) is 1. The molecule has 0 unspecified atom stereocenters. The Morgan fingerprint density at radius 1 is 0.765 bits per heavy atom. The summed E-state index contributed by atoms with van der Waals surface area (Å²) in [5, 5.41) is 5.56. The summed E-state index contributed by atoms with van der Waals surface area (Å²) in [6.07, 6.45) is 2.18. The second-order valence-electron chi connectivity index (χ2n) is 8.69. The Morgan fingerprint density at radius 3 is 2.06 bits per heavy atom. The molecule has 0 aromatic heterocycles.